The fourth-order valence-corrected chi connectivity index (χ4v) is 1.94. The lowest BCUT2D eigenvalue weighted by Gasteiger charge is -2.15. The van der Waals surface area contributed by atoms with E-state index in [1.54, 1.807) is 5.32 Å². The van der Waals surface area contributed by atoms with Gasteiger partial charge in [-0.2, -0.15) is 8.78 Å². The number of rotatable bonds is 4. The first-order valence-electron chi connectivity index (χ1n) is 4.01. The first-order valence-corrected chi connectivity index (χ1v) is 5.68. The van der Waals surface area contributed by atoms with Gasteiger partial charge in [-0.05, 0) is 22.0 Å². The zero-order chi connectivity index (χ0) is 12.3. The average Bonchev–Trinajstić information content (AvgIpc) is 2.61. The van der Waals surface area contributed by atoms with Gasteiger partial charge in [0.15, 0.2) is 0 Å². The molecule has 1 N–H and O–H groups in total. The van der Waals surface area contributed by atoms with E-state index in [4.69, 9.17) is 0 Å². The normalized spacial score (nSPS) is 11.9. The minimum absolute atomic E-state index is 0.155. The number of carbonyl (C=O) groups excluding carboxylic acids is 1. The number of halogens is 5. The van der Waals surface area contributed by atoms with Crippen LogP contribution >= 0.6 is 27.3 Å². The van der Waals surface area contributed by atoms with Crippen LogP contribution in [0, 0.1) is 0 Å². The summed E-state index contributed by atoms with van der Waals surface area (Å²) in [7, 11) is 0. The fourth-order valence-electron chi connectivity index (χ4n) is 0.806. The van der Waals surface area contributed by atoms with Crippen molar-refractivity contribution in [2.45, 2.75) is 12.3 Å². The molecule has 1 amide bonds. The Morgan fingerprint density at radius 2 is 2.19 bits per heavy atom. The van der Waals surface area contributed by atoms with Crippen molar-refractivity contribution in [2.75, 3.05) is 6.54 Å². The lowest BCUT2D eigenvalue weighted by molar-refractivity contribution is -0.123. The summed E-state index contributed by atoms with van der Waals surface area (Å²) >= 11 is 4.28. The van der Waals surface area contributed by atoms with Crippen LogP contribution in [0.5, 0.6) is 0 Å². The summed E-state index contributed by atoms with van der Waals surface area (Å²) in [6.45, 7) is -1.38. The molecule has 0 aliphatic rings. The topological polar surface area (TPSA) is 29.1 Å². The van der Waals surface area contributed by atoms with Gasteiger partial charge in [0.2, 0.25) is 0 Å². The van der Waals surface area contributed by atoms with Crippen molar-refractivity contribution < 1.29 is 22.4 Å². The second-order valence-electron chi connectivity index (χ2n) is 2.88. The van der Waals surface area contributed by atoms with Gasteiger partial charge in [0.05, 0.1) is 15.9 Å². The first-order chi connectivity index (χ1) is 7.33. The van der Waals surface area contributed by atoms with Gasteiger partial charge in [-0.1, -0.05) is 0 Å². The number of carbonyl (C=O) groups is 1. The Morgan fingerprint density at radius 1 is 1.56 bits per heavy atom. The Kier molecular flexibility index (Phi) is 4.31. The Morgan fingerprint density at radius 3 is 2.62 bits per heavy atom. The molecule has 0 aromatic carbocycles. The van der Waals surface area contributed by atoms with Crippen LogP contribution in [0.3, 0.4) is 0 Å². The second kappa shape index (κ2) is 5.13. The lowest BCUT2D eigenvalue weighted by atomic mass is 10.3. The van der Waals surface area contributed by atoms with Gasteiger partial charge >= 0.3 is 12.3 Å². The predicted octanol–water partition coefficient (Wildman–Crippen LogP) is 3.14. The molecule has 16 heavy (non-hydrogen) atoms. The SMILES string of the molecule is O=C(NCC(F)(F)C(F)F)c1csc(Br)c1. The molecule has 0 bridgehead atoms. The predicted molar refractivity (Wildman–Crippen MR) is 55.3 cm³/mol. The Labute approximate surface area is 101 Å². The summed E-state index contributed by atoms with van der Waals surface area (Å²) < 4.78 is 49.1. The number of hydrogen-bond donors (Lipinski definition) is 1. The van der Waals surface area contributed by atoms with E-state index in [1.165, 1.54) is 22.8 Å². The van der Waals surface area contributed by atoms with E-state index in [1.807, 2.05) is 0 Å². The molecule has 1 aromatic rings. The summed E-state index contributed by atoms with van der Waals surface area (Å²) in [6.07, 6.45) is -3.79. The van der Waals surface area contributed by atoms with Crippen molar-refractivity contribution in [3.8, 4) is 0 Å². The van der Waals surface area contributed by atoms with E-state index < -0.39 is 24.8 Å². The maximum atomic E-state index is 12.5. The quantitative estimate of drug-likeness (QED) is 0.849. The summed E-state index contributed by atoms with van der Waals surface area (Å²) in [6, 6.07) is 1.42. The molecule has 0 fully saturated rings. The van der Waals surface area contributed by atoms with Crippen molar-refractivity contribution in [3.63, 3.8) is 0 Å². The molecule has 0 aliphatic heterocycles. The lowest BCUT2D eigenvalue weighted by Crippen LogP contribution is -2.41. The van der Waals surface area contributed by atoms with Gasteiger partial charge in [-0.25, -0.2) is 8.78 Å². The minimum Gasteiger partial charge on any atom is -0.346 e. The molecule has 0 saturated heterocycles. The highest BCUT2D eigenvalue weighted by molar-refractivity contribution is 9.11. The smallest absolute Gasteiger partial charge is 0.324 e. The number of alkyl halides is 4. The van der Waals surface area contributed by atoms with Gasteiger partial charge in [-0.15, -0.1) is 11.3 Å². The molecule has 1 aromatic heterocycles. The zero-order valence-corrected chi connectivity index (χ0v) is 10.0. The van der Waals surface area contributed by atoms with E-state index in [2.05, 4.69) is 15.9 Å². The van der Waals surface area contributed by atoms with Crippen molar-refractivity contribution in [1.29, 1.82) is 0 Å². The van der Waals surface area contributed by atoms with E-state index in [0.29, 0.717) is 3.79 Å². The van der Waals surface area contributed by atoms with Gasteiger partial charge in [0.1, 0.15) is 0 Å². The number of amides is 1. The summed E-state index contributed by atoms with van der Waals surface area (Å²) in [4.78, 5) is 11.2. The molecule has 0 radical (unpaired) electrons. The molecule has 8 heteroatoms. The van der Waals surface area contributed by atoms with Crippen LogP contribution in [0.2, 0.25) is 0 Å². The second-order valence-corrected chi connectivity index (χ2v) is 5.17. The number of thiophene rings is 1. The van der Waals surface area contributed by atoms with Crippen LogP contribution in [0.1, 0.15) is 10.4 Å². The molecule has 1 heterocycles. The maximum absolute atomic E-state index is 12.5. The van der Waals surface area contributed by atoms with Crippen LogP contribution in [-0.4, -0.2) is 24.8 Å². The molecule has 0 saturated carbocycles. The summed E-state index contributed by atoms with van der Waals surface area (Å²) in [5.74, 6) is -5.01. The largest absolute Gasteiger partial charge is 0.346 e. The molecule has 1 rings (SSSR count). The Bertz CT molecular complexity index is 382. The molecule has 0 aliphatic carbocycles. The van der Waals surface area contributed by atoms with Crippen LogP contribution in [0.4, 0.5) is 17.6 Å². The zero-order valence-electron chi connectivity index (χ0n) is 7.65. The van der Waals surface area contributed by atoms with Crippen LogP contribution < -0.4 is 5.32 Å². The molecule has 0 unspecified atom stereocenters. The van der Waals surface area contributed by atoms with Gasteiger partial charge in [-0.3, -0.25) is 4.79 Å². The van der Waals surface area contributed by atoms with E-state index in [0.717, 1.165) is 0 Å². The molecular formula is C8H6BrF4NOS. The minimum atomic E-state index is -4.21. The van der Waals surface area contributed by atoms with E-state index in [-0.39, 0.29) is 5.56 Å². The highest BCUT2D eigenvalue weighted by atomic mass is 79.9. The first kappa shape index (κ1) is 13.4. The van der Waals surface area contributed by atoms with Gasteiger partial charge < -0.3 is 5.32 Å². The van der Waals surface area contributed by atoms with Crippen molar-refractivity contribution in [3.05, 3.63) is 20.8 Å². The monoisotopic (exact) mass is 319 g/mol. The highest BCUT2D eigenvalue weighted by Crippen LogP contribution is 2.23. The fraction of sp³-hybridized carbons (Fsp3) is 0.375. The molecular weight excluding hydrogens is 314 g/mol. The molecule has 0 spiro atoms. The summed E-state index contributed by atoms with van der Waals surface area (Å²) in [5.41, 5.74) is 0.155. The average molecular weight is 320 g/mol. The molecule has 2 nitrogen and oxygen atoms in total. The Hall–Kier alpha value is -0.630. The highest BCUT2D eigenvalue weighted by Gasteiger charge is 2.40. The number of nitrogens with one attached hydrogen (secondary N) is 1. The van der Waals surface area contributed by atoms with Crippen LogP contribution in [0.25, 0.3) is 0 Å². The molecule has 90 valence electrons. The third kappa shape index (κ3) is 3.44. The van der Waals surface area contributed by atoms with E-state index in [9.17, 15) is 22.4 Å². The van der Waals surface area contributed by atoms with Gasteiger partial charge in [0, 0.05) is 5.38 Å². The number of hydrogen-bond acceptors (Lipinski definition) is 2. The standard InChI is InChI=1S/C8H6BrF4NOS/c9-5-1-4(2-16-5)6(15)14-3-8(12,13)7(10)11/h1-2,7H,3H2,(H,14,15). The van der Waals surface area contributed by atoms with Crippen molar-refractivity contribution in [2.24, 2.45) is 0 Å². The maximum Gasteiger partial charge on any atom is 0.324 e. The van der Waals surface area contributed by atoms with Crippen LogP contribution in [0.15, 0.2) is 15.2 Å². The van der Waals surface area contributed by atoms with Crippen LogP contribution in [-0.2, 0) is 0 Å². The molecule has 0 atom stereocenters. The third-order valence-electron chi connectivity index (χ3n) is 1.63. The summed E-state index contributed by atoms with van der Waals surface area (Å²) in [5, 5.41) is 3.18. The van der Waals surface area contributed by atoms with Crippen molar-refractivity contribution >= 4 is 33.2 Å². The van der Waals surface area contributed by atoms with Crippen molar-refractivity contribution in [1.82, 2.24) is 5.32 Å². The Balaban J connectivity index is 2.54. The van der Waals surface area contributed by atoms with E-state index >= 15 is 0 Å². The van der Waals surface area contributed by atoms with Gasteiger partial charge in [0.25, 0.3) is 5.91 Å². The third-order valence-corrected chi connectivity index (χ3v) is 3.14.